The molecule has 0 saturated carbocycles. The van der Waals surface area contributed by atoms with Gasteiger partial charge in [-0.05, 0) is 6.92 Å². The summed E-state index contributed by atoms with van der Waals surface area (Å²) in [7, 11) is 0. The van der Waals surface area contributed by atoms with Crippen molar-refractivity contribution in [3.8, 4) is 0 Å². The normalized spacial score (nSPS) is 37.0. The smallest absolute Gasteiger partial charge is 0.236 e. The minimum Gasteiger partial charge on any atom is -0.379 e. The molecule has 2 N–H and O–H groups in total. The summed E-state index contributed by atoms with van der Waals surface area (Å²) in [5.74, 6) is 1.03. The van der Waals surface area contributed by atoms with Crippen LogP contribution in [0.25, 0.3) is 0 Å². The maximum absolute atomic E-state index is 6.02. The Morgan fingerprint density at radius 3 is 2.83 bits per heavy atom. The quantitative estimate of drug-likeness (QED) is 0.780. The Kier molecular flexibility index (Phi) is 3.06. The van der Waals surface area contributed by atoms with Gasteiger partial charge >= 0.3 is 0 Å². The highest BCUT2D eigenvalue weighted by Gasteiger charge is 2.44. The van der Waals surface area contributed by atoms with Gasteiger partial charge in [0.15, 0.2) is 0 Å². The van der Waals surface area contributed by atoms with Crippen LogP contribution >= 0.6 is 0 Å². The molecule has 18 heavy (non-hydrogen) atoms. The van der Waals surface area contributed by atoms with E-state index in [9.17, 15) is 0 Å². The van der Waals surface area contributed by atoms with E-state index < -0.39 is 5.41 Å². The van der Waals surface area contributed by atoms with Crippen LogP contribution in [0, 0.1) is 0 Å². The van der Waals surface area contributed by atoms with Gasteiger partial charge in [-0.25, -0.2) is 0 Å². The van der Waals surface area contributed by atoms with E-state index in [-0.39, 0.29) is 12.1 Å². The lowest BCUT2D eigenvalue weighted by Gasteiger charge is -2.22. The fraction of sp³-hybridized carbons (Fsp3) is 0.818. The number of hydrogen-bond acceptors (Lipinski definition) is 7. The molecule has 3 heterocycles. The molecular weight excluding hydrogens is 238 g/mol. The molecule has 3 atom stereocenters. The average Bonchev–Trinajstić information content (AvgIpc) is 3.00. The van der Waals surface area contributed by atoms with Gasteiger partial charge < -0.3 is 24.5 Å². The van der Waals surface area contributed by atoms with Crippen molar-refractivity contribution in [2.45, 2.75) is 24.5 Å². The first-order valence-electron chi connectivity index (χ1n) is 6.07. The third-order valence-electron chi connectivity index (χ3n) is 3.55. The maximum atomic E-state index is 6.02. The summed E-state index contributed by atoms with van der Waals surface area (Å²) in [5.41, 5.74) is 5.61. The van der Waals surface area contributed by atoms with Crippen molar-refractivity contribution in [1.29, 1.82) is 0 Å². The van der Waals surface area contributed by atoms with Gasteiger partial charge in [0.25, 0.3) is 0 Å². The van der Waals surface area contributed by atoms with E-state index in [2.05, 4.69) is 10.1 Å². The van der Waals surface area contributed by atoms with Crippen molar-refractivity contribution in [2.24, 2.45) is 5.73 Å². The summed E-state index contributed by atoms with van der Waals surface area (Å²) in [6.07, 6.45) is -0.251. The Morgan fingerprint density at radius 2 is 2.17 bits per heavy atom. The molecule has 0 spiro atoms. The molecule has 1 aromatic rings. The highest BCUT2D eigenvalue weighted by atomic mass is 16.6. The van der Waals surface area contributed by atoms with Crippen molar-refractivity contribution in [3.05, 3.63) is 11.7 Å². The molecule has 0 aromatic carbocycles. The molecular formula is C11H17N3O4. The molecule has 2 fully saturated rings. The number of nitrogens with two attached hydrogens (primary N) is 1. The summed E-state index contributed by atoms with van der Waals surface area (Å²) in [6.45, 7) is 4.60. The summed E-state index contributed by atoms with van der Waals surface area (Å²) < 4.78 is 21.5. The summed E-state index contributed by atoms with van der Waals surface area (Å²) in [4.78, 5) is 4.40. The maximum Gasteiger partial charge on any atom is 0.236 e. The lowest BCUT2D eigenvalue weighted by atomic mass is 9.86. The zero-order valence-corrected chi connectivity index (χ0v) is 10.3. The molecule has 2 saturated heterocycles. The van der Waals surface area contributed by atoms with Crippen LogP contribution in [0.2, 0.25) is 0 Å². The number of rotatable bonds is 2. The largest absolute Gasteiger partial charge is 0.379 e. The number of hydrogen-bond donors (Lipinski definition) is 1. The third-order valence-corrected chi connectivity index (χ3v) is 3.55. The second-order valence-electron chi connectivity index (χ2n) is 4.93. The minimum atomic E-state index is -0.416. The van der Waals surface area contributed by atoms with Crippen molar-refractivity contribution >= 4 is 0 Å². The summed E-state index contributed by atoms with van der Waals surface area (Å²) in [6, 6.07) is -0.130. The molecule has 0 bridgehead atoms. The van der Waals surface area contributed by atoms with Crippen molar-refractivity contribution in [2.75, 3.05) is 33.0 Å². The van der Waals surface area contributed by atoms with Crippen molar-refractivity contribution < 1.29 is 18.7 Å². The predicted octanol–water partition coefficient (Wildman–Crippen LogP) is -0.227. The summed E-state index contributed by atoms with van der Waals surface area (Å²) >= 11 is 0. The Hall–Kier alpha value is -1.02. The fourth-order valence-corrected chi connectivity index (χ4v) is 2.14. The van der Waals surface area contributed by atoms with Crippen LogP contribution in [0.4, 0.5) is 0 Å². The van der Waals surface area contributed by atoms with Crippen LogP contribution in [0.1, 0.15) is 24.7 Å². The van der Waals surface area contributed by atoms with Crippen molar-refractivity contribution in [1.82, 2.24) is 10.1 Å². The Morgan fingerprint density at radius 1 is 1.28 bits per heavy atom. The number of ether oxygens (including phenoxy) is 3. The zero-order chi connectivity index (χ0) is 12.6. The molecule has 7 heteroatoms. The number of aromatic nitrogens is 2. The van der Waals surface area contributed by atoms with E-state index in [1.807, 2.05) is 6.92 Å². The first-order valence-corrected chi connectivity index (χ1v) is 6.07. The third kappa shape index (κ3) is 1.93. The highest BCUT2D eigenvalue weighted by molar-refractivity contribution is 5.12. The van der Waals surface area contributed by atoms with Gasteiger partial charge in [0.05, 0.1) is 38.4 Å². The van der Waals surface area contributed by atoms with E-state index in [0.717, 1.165) is 0 Å². The minimum absolute atomic E-state index is 0.130. The van der Waals surface area contributed by atoms with Gasteiger partial charge in [0, 0.05) is 6.04 Å². The van der Waals surface area contributed by atoms with Gasteiger partial charge in [-0.2, -0.15) is 4.98 Å². The molecule has 2 aliphatic rings. The Balaban J connectivity index is 1.80. The van der Waals surface area contributed by atoms with E-state index in [1.54, 1.807) is 0 Å². The highest BCUT2D eigenvalue weighted by Crippen LogP contribution is 2.31. The second-order valence-corrected chi connectivity index (χ2v) is 4.93. The van der Waals surface area contributed by atoms with Crippen LogP contribution in [0.3, 0.4) is 0 Å². The standard InChI is InChI=1S/C11H17N3O4/c1-11(6-16-5-8(11)12)10-13-9(14-18-10)7-4-15-2-3-17-7/h7-8H,2-6,12H2,1H3. The molecule has 3 unspecified atom stereocenters. The fourth-order valence-electron chi connectivity index (χ4n) is 2.14. The van der Waals surface area contributed by atoms with Gasteiger partial charge in [0.1, 0.15) is 6.10 Å². The second kappa shape index (κ2) is 4.58. The van der Waals surface area contributed by atoms with Crippen LogP contribution in [-0.2, 0) is 19.6 Å². The van der Waals surface area contributed by atoms with Gasteiger partial charge in [-0.15, -0.1) is 0 Å². The lowest BCUT2D eigenvalue weighted by molar-refractivity contribution is -0.0941. The molecule has 0 aliphatic carbocycles. The first-order chi connectivity index (χ1) is 8.70. The predicted molar refractivity (Wildman–Crippen MR) is 60.0 cm³/mol. The number of nitrogens with zero attached hydrogens (tertiary/aromatic N) is 2. The topological polar surface area (TPSA) is 92.6 Å². The van der Waals surface area contributed by atoms with Crippen LogP contribution in [-0.4, -0.2) is 49.2 Å². The van der Waals surface area contributed by atoms with E-state index >= 15 is 0 Å². The van der Waals surface area contributed by atoms with Gasteiger partial charge in [-0.1, -0.05) is 5.16 Å². The molecule has 100 valence electrons. The van der Waals surface area contributed by atoms with Crippen LogP contribution < -0.4 is 5.73 Å². The zero-order valence-electron chi connectivity index (χ0n) is 10.3. The molecule has 0 radical (unpaired) electrons. The molecule has 1 aromatic heterocycles. The van der Waals surface area contributed by atoms with Crippen LogP contribution in [0.5, 0.6) is 0 Å². The van der Waals surface area contributed by atoms with E-state index in [1.165, 1.54) is 0 Å². The molecule has 7 nitrogen and oxygen atoms in total. The van der Waals surface area contributed by atoms with Crippen LogP contribution in [0.15, 0.2) is 4.52 Å². The Labute approximate surface area is 105 Å². The molecule has 0 amide bonds. The van der Waals surface area contributed by atoms with Crippen molar-refractivity contribution in [3.63, 3.8) is 0 Å². The lowest BCUT2D eigenvalue weighted by Crippen LogP contribution is -2.42. The monoisotopic (exact) mass is 255 g/mol. The van der Waals surface area contributed by atoms with E-state index in [0.29, 0.717) is 44.7 Å². The van der Waals surface area contributed by atoms with Gasteiger partial charge in [-0.3, -0.25) is 0 Å². The van der Waals surface area contributed by atoms with E-state index in [4.69, 9.17) is 24.5 Å². The summed E-state index contributed by atoms with van der Waals surface area (Å²) in [5, 5.41) is 3.96. The van der Waals surface area contributed by atoms with Gasteiger partial charge in [0.2, 0.25) is 11.7 Å². The first kappa shape index (κ1) is 12.0. The molecule has 3 rings (SSSR count). The average molecular weight is 255 g/mol. The SMILES string of the molecule is CC1(c2nc(C3COCCO3)no2)COCC1N. The molecule has 2 aliphatic heterocycles. The Bertz CT molecular complexity index is 418.